The molecule has 0 aliphatic carbocycles. The van der Waals surface area contributed by atoms with Gasteiger partial charge in [0.05, 0.1) is 6.10 Å². The first-order chi connectivity index (χ1) is 5.38. The summed E-state index contributed by atoms with van der Waals surface area (Å²) in [7, 11) is 0. The van der Waals surface area contributed by atoms with Crippen molar-refractivity contribution in [1.29, 1.82) is 0 Å². The van der Waals surface area contributed by atoms with Gasteiger partial charge in [0.25, 0.3) is 0 Å². The molecule has 1 N–H and O–H groups in total. The number of aliphatic hydroxyl groups excluding tert-OH is 1. The normalized spacial score (nSPS) is 14.0. The molecule has 12 heavy (non-hydrogen) atoms. The molecular weight excluding hydrogens is 148 g/mol. The molecule has 0 heterocycles. The minimum absolute atomic E-state index is 0.0515. The Morgan fingerprint density at radius 1 is 1.50 bits per heavy atom. The van der Waals surface area contributed by atoms with E-state index in [4.69, 9.17) is 0 Å². The minimum atomic E-state index is -0.301. The van der Waals surface area contributed by atoms with Crippen LogP contribution in [0.3, 0.4) is 0 Å². The van der Waals surface area contributed by atoms with E-state index in [0.717, 1.165) is 12.0 Å². The Balaban J connectivity index is 3.92. The standard InChI is InChI=1S/C11H20O/c1-6-7-9(2)8-10(12)11(3,4)5/h6,10,12H,1-2,7-8H2,3-5H3/t10-/m1/s1. The average Bonchev–Trinajstić information content (AvgIpc) is 1.85. The van der Waals surface area contributed by atoms with Gasteiger partial charge < -0.3 is 5.11 Å². The van der Waals surface area contributed by atoms with Crippen LogP contribution in [0, 0.1) is 5.41 Å². The Morgan fingerprint density at radius 3 is 2.33 bits per heavy atom. The van der Waals surface area contributed by atoms with E-state index in [1.54, 1.807) is 0 Å². The Morgan fingerprint density at radius 2 is 2.00 bits per heavy atom. The first-order valence-corrected chi connectivity index (χ1v) is 4.33. The van der Waals surface area contributed by atoms with Crippen LogP contribution in [0.15, 0.2) is 24.8 Å². The summed E-state index contributed by atoms with van der Waals surface area (Å²) in [6.07, 6.45) is 2.99. The zero-order chi connectivity index (χ0) is 9.78. The number of hydrogen-bond acceptors (Lipinski definition) is 1. The van der Waals surface area contributed by atoms with Gasteiger partial charge in [-0.2, -0.15) is 0 Å². The third-order valence-corrected chi connectivity index (χ3v) is 1.91. The summed E-state index contributed by atoms with van der Waals surface area (Å²) in [6, 6.07) is 0. The Kier molecular flexibility index (Phi) is 4.25. The lowest BCUT2D eigenvalue weighted by Crippen LogP contribution is -2.26. The highest BCUT2D eigenvalue weighted by molar-refractivity contribution is 5.02. The van der Waals surface area contributed by atoms with Gasteiger partial charge in [0.1, 0.15) is 0 Å². The predicted molar refractivity (Wildman–Crippen MR) is 54.0 cm³/mol. The fourth-order valence-corrected chi connectivity index (χ4v) is 0.867. The van der Waals surface area contributed by atoms with Gasteiger partial charge in [0.15, 0.2) is 0 Å². The van der Waals surface area contributed by atoms with Gasteiger partial charge >= 0.3 is 0 Å². The molecule has 0 aliphatic rings. The lowest BCUT2D eigenvalue weighted by atomic mass is 9.85. The lowest BCUT2D eigenvalue weighted by molar-refractivity contribution is 0.0633. The minimum Gasteiger partial charge on any atom is -0.392 e. The second kappa shape index (κ2) is 4.46. The number of rotatable bonds is 4. The molecule has 0 unspecified atom stereocenters. The largest absolute Gasteiger partial charge is 0.392 e. The summed E-state index contributed by atoms with van der Waals surface area (Å²) in [5.74, 6) is 0. The SMILES string of the molecule is C=CCC(=C)C[C@@H](O)C(C)(C)C. The van der Waals surface area contributed by atoms with E-state index in [0.29, 0.717) is 6.42 Å². The third-order valence-electron chi connectivity index (χ3n) is 1.91. The molecule has 0 aromatic rings. The van der Waals surface area contributed by atoms with Gasteiger partial charge in [-0.15, -0.1) is 6.58 Å². The highest BCUT2D eigenvalue weighted by atomic mass is 16.3. The van der Waals surface area contributed by atoms with Gasteiger partial charge in [0, 0.05) is 0 Å². The molecule has 0 aromatic carbocycles. The van der Waals surface area contributed by atoms with E-state index in [2.05, 4.69) is 13.2 Å². The molecular formula is C11H20O. The predicted octanol–water partition coefficient (Wildman–Crippen LogP) is 2.92. The van der Waals surface area contributed by atoms with E-state index in [9.17, 15) is 5.11 Å². The molecule has 0 aromatic heterocycles. The van der Waals surface area contributed by atoms with E-state index in [-0.39, 0.29) is 11.5 Å². The molecule has 0 amide bonds. The van der Waals surface area contributed by atoms with Crippen LogP contribution >= 0.6 is 0 Å². The number of aliphatic hydroxyl groups is 1. The van der Waals surface area contributed by atoms with Gasteiger partial charge in [-0.25, -0.2) is 0 Å². The van der Waals surface area contributed by atoms with E-state index < -0.39 is 0 Å². The maximum absolute atomic E-state index is 9.69. The van der Waals surface area contributed by atoms with Crippen LogP contribution < -0.4 is 0 Å². The van der Waals surface area contributed by atoms with Crippen molar-refractivity contribution < 1.29 is 5.11 Å². The Labute approximate surface area is 75.8 Å². The van der Waals surface area contributed by atoms with Crippen molar-refractivity contribution >= 4 is 0 Å². The zero-order valence-electron chi connectivity index (χ0n) is 8.43. The van der Waals surface area contributed by atoms with Gasteiger partial charge in [-0.1, -0.05) is 39.0 Å². The number of hydrogen-bond donors (Lipinski definition) is 1. The molecule has 0 saturated heterocycles. The lowest BCUT2D eigenvalue weighted by Gasteiger charge is -2.26. The van der Waals surface area contributed by atoms with Crippen molar-refractivity contribution in [2.24, 2.45) is 5.41 Å². The van der Waals surface area contributed by atoms with Crippen LogP contribution in [0.4, 0.5) is 0 Å². The van der Waals surface area contributed by atoms with E-state index >= 15 is 0 Å². The first-order valence-electron chi connectivity index (χ1n) is 4.33. The molecule has 1 atom stereocenters. The molecule has 0 saturated carbocycles. The zero-order valence-corrected chi connectivity index (χ0v) is 8.43. The highest BCUT2D eigenvalue weighted by Gasteiger charge is 2.21. The van der Waals surface area contributed by atoms with Crippen molar-refractivity contribution in [3.63, 3.8) is 0 Å². The fourth-order valence-electron chi connectivity index (χ4n) is 0.867. The van der Waals surface area contributed by atoms with E-state index in [1.807, 2.05) is 26.8 Å². The third kappa shape index (κ3) is 4.35. The molecule has 0 aliphatic heterocycles. The Bertz CT molecular complexity index is 162. The summed E-state index contributed by atoms with van der Waals surface area (Å²) in [5.41, 5.74) is 0.997. The maximum Gasteiger partial charge on any atom is 0.0625 e. The van der Waals surface area contributed by atoms with Crippen LogP contribution in [-0.4, -0.2) is 11.2 Å². The summed E-state index contributed by atoms with van der Waals surface area (Å²) in [5, 5.41) is 9.69. The molecule has 1 nitrogen and oxygen atoms in total. The molecule has 0 bridgehead atoms. The molecule has 0 radical (unpaired) electrons. The van der Waals surface area contributed by atoms with Crippen molar-refractivity contribution in [1.82, 2.24) is 0 Å². The summed E-state index contributed by atoms with van der Waals surface area (Å²) < 4.78 is 0. The monoisotopic (exact) mass is 168 g/mol. The van der Waals surface area contributed by atoms with Gasteiger partial charge in [0.2, 0.25) is 0 Å². The van der Waals surface area contributed by atoms with Crippen molar-refractivity contribution in [2.75, 3.05) is 0 Å². The van der Waals surface area contributed by atoms with E-state index in [1.165, 1.54) is 0 Å². The second-order valence-electron chi connectivity index (χ2n) is 4.33. The van der Waals surface area contributed by atoms with Gasteiger partial charge in [-0.05, 0) is 18.3 Å². The summed E-state index contributed by atoms with van der Waals surface area (Å²) >= 11 is 0. The van der Waals surface area contributed by atoms with Crippen molar-refractivity contribution in [2.45, 2.75) is 39.7 Å². The van der Waals surface area contributed by atoms with Crippen LogP contribution in [0.25, 0.3) is 0 Å². The Hall–Kier alpha value is -0.560. The van der Waals surface area contributed by atoms with Crippen molar-refractivity contribution in [3.8, 4) is 0 Å². The quantitative estimate of drug-likeness (QED) is 0.640. The van der Waals surface area contributed by atoms with Crippen LogP contribution in [0.5, 0.6) is 0 Å². The molecule has 1 heteroatoms. The second-order valence-corrected chi connectivity index (χ2v) is 4.33. The van der Waals surface area contributed by atoms with Gasteiger partial charge in [-0.3, -0.25) is 0 Å². The molecule has 0 spiro atoms. The smallest absolute Gasteiger partial charge is 0.0625 e. The van der Waals surface area contributed by atoms with Crippen LogP contribution in [-0.2, 0) is 0 Å². The highest BCUT2D eigenvalue weighted by Crippen LogP contribution is 2.24. The fraction of sp³-hybridized carbons (Fsp3) is 0.636. The molecule has 70 valence electrons. The average molecular weight is 168 g/mol. The maximum atomic E-state index is 9.69. The molecule has 0 rings (SSSR count). The first kappa shape index (κ1) is 11.4. The van der Waals surface area contributed by atoms with Crippen LogP contribution in [0.2, 0.25) is 0 Å². The summed E-state index contributed by atoms with van der Waals surface area (Å²) in [4.78, 5) is 0. The molecule has 0 fully saturated rings. The number of allylic oxidation sites excluding steroid dienone is 1. The van der Waals surface area contributed by atoms with Crippen molar-refractivity contribution in [3.05, 3.63) is 24.8 Å². The van der Waals surface area contributed by atoms with Crippen LogP contribution in [0.1, 0.15) is 33.6 Å². The summed E-state index contributed by atoms with van der Waals surface area (Å²) in [6.45, 7) is 13.6. The topological polar surface area (TPSA) is 20.2 Å².